The van der Waals surface area contributed by atoms with Gasteiger partial charge in [0.05, 0.1) is 0 Å². The predicted molar refractivity (Wildman–Crippen MR) is 60.7 cm³/mol. The summed E-state index contributed by atoms with van der Waals surface area (Å²) in [5, 5.41) is 2.82. The van der Waals surface area contributed by atoms with Crippen molar-refractivity contribution < 1.29 is 9.59 Å². The Labute approximate surface area is 96.4 Å². The van der Waals surface area contributed by atoms with Gasteiger partial charge in [-0.2, -0.15) is 0 Å². The average Bonchev–Trinajstić information content (AvgIpc) is 2.86. The fourth-order valence-electron chi connectivity index (χ4n) is 2.47. The number of rotatable bonds is 2. The van der Waals surface area contributed by atoms with Gasteiger partial charge in [-0.15, -0.1) is 0 Å². The molecule has 2 unspecified atom stereocenters. The van der Waals surface area contributed by atoms with Crippen LogP contribution < -0.4 is 5.32 Å². The molecule has 1 saturated carbocycles. The van der Waals surface area contributed by atoms with E-state index < -0.39 is 0 Å². The summed E-state index contributed by atoms with van der Waals surface area (Å²) in [7, 11) is 0. The van der Waals surface area contributed by atoms with Crippen LogP contribution in [0, 0.1) is 11.3 Å². The number of hydrogen-bond donors (Lipinski definition) is 1. The van der Waals surface area contributed by atoms with E-state index in [-0.39, 0.29) is 29.2 Å². The Morgan fingerprint density at radius 2 is 2.19 bits per heavy atom. The zero-order valence-electron chi connectivity index (χ0n) is 10.2. The highest BCUT2D eigenvalue weighted by Crippen LogP contribution is 2.52. The highest BCUT2D eigenvalue weighted by atomic mass is 16.2. The fourth-order valence-corrected chi connectivity index (χ4v) is 2.47. The van der Waals surface area contributed by atoms with E-state index >= 15 is 0 Å². The number of nitrogens with zero attached hydrogens (tertiary/aromatic N) is 1. The highest BCUT2D eigenvalue weighted by molar-refractivity contribution is 5.91. The van der Waals surface area contributed by atoms with Crippen LogP contribution in [0.2, 0.25) is 0 Å². The molecule has 0 spiro atoms. The molecule has 1 saturated heterocycles. The lowest BCUT2D eigenvalue weighted by Crippen LogP contribution is -2.57. The summed E-state index contributed by atoms with van der Waals surface area (Å²) in [6.45, 7) is 7.43. The second-order valence-corrected chi connectivity index (χ2v) is 5.49. The first-order valence-electron chi connectivity index (χ1n) is 6.05. The molecule has 16 heavy (non-hydrogen) atoms. The topological polar surface area (TPSA) is 49.4 Å². The molecule has 4 nitrogen and oxygen atoms in total. The van der Waals surface area contributed by atoms with E-state index in [4.69, 9.17) is 0 Å². The highest BCUT2D eigenvalue weighted by Gasteiger charge is 2.53. The van der Waals surface area contributed by atoms with Crippen LogP contribution >= 0.6 is 0 Å². The minimum absolute atomic E-state index is 0.000515. The van der Waals surface area contributed by atoms with Crippen LogP contribution in [0.3, 0.4) is 0 Å². The molecule has 0 radical (unpaired) electrons. The van der Waals surface area contributed by atoms with Gasteiger partial charge >= 0.3 is 0 Å². The zero-order chi connectivity index (χ0) is 11.9. The smallest absolute Gasteiger partial charge is 0.242 e. The van der Waals surface area contributed by atoms with E-state index in [1.807, 2.05) is 6.92 Å². The third-order valence-corrected chi connectivity index (χ3v) is 3.81. The molecule has 1 N–H and O–H groups in total. The first-order chi connectivity index (χ1) is 7.47. The van der Waals surface area contributed by atoms with Gasteiger partial charge in [-0.25, -0.2) is 0 Å². The molecule has 1 heterocycles. The SMILES string of the molecule is CCC1C(=O)NCCN1C(=O)C1CC1(C)C. The van der Waals surface area contributed by atoms with Crippen LogP contribution in [-0.2, 0) is 9.59 Å². The second-order valence-electron chi connectivity index (χ2n) is 5.49. The summed E-state index contributed by atoms with van der Waals surface area (Å²) < 4.78 is 0. The van der Waals surface area contributed by atoms with Crippen molar-refractivity contribution in [2.75, 3.05) is 13.1 Å². The normalized spacial score (nSPS) is 32.2. The van der Waals surface area contributed by atoms with E-state index in [0.717, 1.165) is 6.42 Å². The standard InChI is InChI=1S/C12H20N2O2/c1-4-9-10(15)13-5-6-14(9)11(16)8-7-12(8,2)3/h8-9H,4-7H2,1-3H3,(H,13,15). The second kappa shape index (κ2) is 3.75. The molecule has 0 bridgehead atoms. The van der Waals surface area contributed by atoms with Gasteiger partial charge < -0.3 is 10.2 Å². The van der Waals surface area contributed by atoms with E-state index in [9.17, 15) is 9.59 Å². The van der Waals surface area contributed by atoms with E-state index in [0.29, 0.717) is 19.5 Å². The maximum absolute atomic E-state index is 12.2. The number of piperazine rings is 1. The molecular formula is C12H20N2O2. The Balaban J connectivity index is 2.07. The third-order valence-electron chi connectivity index (χ3n) is 3.81. The zero-order valence-corrected chi connectivity index (χ0v) is 10.2. The Kier molecular flexibility index (Phi) is 2.68. The van der Waals surface area contributed by atoms with Gasteiger partial charge in [0, 0.05) is 19.0 Å². The van der Waals surface area contributed by atoms with Gasteiger partial charge in [0.15, 0.2) is 0 Å². The number of amides is 2. The van der Waals surface area contributed by atoms with Crippen molar-refractivity contribution in [1.82, 2.24) is 10.2 Å². The van der Waals surface area contributed by atoms with Crippen molar-refractivity contribution >= 4 is 11.8 Å². The Morgan fingerprint density at radius 3 is 2.69 bits per heavy atom. The van der Waals surface area contributed by atoms with Crippen LogP contribution in [-0.4, -0.2) is 35.8 Å². The fraction of sp³-hybridized carbons (Fsp3) is 0.833. The van der Waals surface area contributed by atoms with Crippen molar-refractivity contribution in [2.45, 2.75) is 39.7 Å². The van der Waals surface area contributed by atoms with Gasteiger partial charge in [-0.3, -0.25) is 9.59 Å². The van der Waals surface area contributed by atoms with Gasteiger partial charge in [0.25, 0.3) is 0 Å². The Morgan fingerprint density at radius 1 is 1.56 bits per heavy atom. The largest absolute Gasteiger partial charge is 0.353 e. The molecule has 1 aliphatic carbocycles. The summed E-state index contributed by atoms with van der Waals surface area (Å²) in [5.74, 6) is 0.305. The summed E-state index contributed by atoms with van der Waals surface area (Å²) in [5.41, 5.74) is 0.142. The van der Waals surface area contributed by atoms with Crippen molar-refractivity contribution in [2.24, 2.45) is 11.3 Å². The van der Waals surface area contributed by atoms with Crippen LogP contribution in [0.4, 0.5) is 0 Å². The van der Waals surface area contributed by atoms with Gasteiger partial charge in [-0.05, 0) is 18.3 Å². The lowest BCUT2D eigenvalue weighted by atomic mass is 10.1. The lowest BCUT2D eigenvalue weighted by Gasteiger charge is -2.35. The molecule has 2 atom stereocenters. The summed E-state index contributed by atoms with van der Waals surface area (Å²) >= 11 is 0. The molecule has 2 aliphatic rings. The Bertz CT molecular complexity index is 325. The van der Waals surface area contributed by atoms with Gasteiger partial charge in [0.1, 0.15) is 6.04 Å². The monoisotopic (exact) mass is 224 g/mol. The first kappa shape index (κ1) is 11.4. The maximum atomic E-state index is 12.2. The van der Waals surface area contributed by atoms with Crippen LogP contribution in [0.1, 0.15) is 33.6 Å². The summed E-state index contributed by atoms with van der Waals surface area (Å²) in [6, 6.07) is -0.252. The predicted octanol–water partition coefficient (Wildman–Crippen LogP) is 0.769. The number of nitrogens with one attached hydrogen (secondary N) is 1. The van der Waals surface area contributed by atoms with E-state index in [2.05, 4.69) is 19.2 Å². The molecular weight excluding hydrogens is 204 g/mol. The number of carbonyl (C=O) groups is 2. The van der Waals surface area contributed by atoms with E-state index in [1.165, 1.54) is 0 Å². The quantitative estimate of drug-likeness (QED) is 0.753. The van der Waals surface area contributed by atoms with Crippen molar-refractivity contribution in [3.8, 4) is 0 Å². The van der Waals surface area contributed by atoms with Crippen molar-refractivity contribution in [3.05, 3.63) is 0 Å². The molecule has 0 aromatic rings. The van der Waals surface area contributed by atoms with Gasteiger partial charge in [0.2, 0.25) is 11.8 Å². The molecule has 2 amide bonds. The third kappa shape index (κ3) is 1.81. The van der Waals surface area contributed by atoms with Gasteiger partial charge in [-0.1, -0.05) is 20.8 Å². The van der Waals surface area contributed by atoms with Crippen LogP contribution in [0.5, 0.6) is 0 Å². The average molecular weight is 224 g/mol. The molecule has 0 aromatic heterocycles. The molecule has 2 fully saturated rings. The number of hydrogen-bond acceptors (Lipinski definition) is 2. The summed E-state index contributed by atoms with van der Waals surface area (Å²) in [4.78, 5) is 25.7. The van der Waals surface area contributed by atoms with Crippen LogP contribution in [0.15, 0.2) is 0 Å². The molecule has 90 valence electrons. The maximum Gasteiger partial charge on any atom is 0.242 e. The molecule has 0 aromatic carbocycles. The van der Waals surface area contributed by atoms with E-state index in [1.54, 1.807) is 4.90 Å². The number of carbonyl (C=O) groups excluding carboxylic acids is 2. The summed E-state index contributed by atoms with van der Waals surface area (Å²) in [6.07, 6.45) is 1.66. The molecule has 2 rings (SSSR count). The molecule has 1 aliphatic heterocycles. The minimum atomic E-state index is -0.252. The Hall–Kier alpha value is -1.06. The van der Waals surface area contributed by atoms with Crippen LogP contribution in [0.25, 0.3) is 0 Å². The van der Waals surface area contributed by atoms with Crippen molar-refractivity contribution in [1.29, 1.82) is 0 Å². The van der Waals surface area contributed by atoms with Crippen molar-refractivity contribution in [3.63, 3.8) is 0 Å². The first-order valence-corrected chi connectivity index (χ1v) is 6.05. The lowest BCUT2D eigenvalue weighted by molar-refractivity contribution is -0.144. The molecule has 4 heteroatoms. The minimum Gasteiger partial charge on any atom is -0.353 e.